The second kappa shape index (κ2) is 3.23. The van der Waals surface area contributed by atoms with Crippen LogP contribution >= 0.6 is 0 Å². The van der Waals surface area contributed by atoms with Gasteiger partial charge in [-0.25, -0.2) is 0 Å². The molecule has 0 spiro atoms. The summed E-state index contributed by atoms with van der Waals surface area (Å²) >= 11 is 0. The van der Waals surface area contributed by atoms with E-state index in [4.69, 9.17) is 9.84 Å². The summed E-state index contributed by atoms with van der Waals surface area (Å²) in [5.74, 6) is -0.630. The van der Waals surface area contributed by atoms with Crippen LogP contribution in [0.3, 0.4) is 0 Å². The van der Waals surface area contributed by atoms with E-state index in [9.17, 15) is 4.79 Å². The first-order valence-corrected chi connectivity index (χ1v) is 3.38. The number of carbonyl (C=O) groups is 1. The maximum Gasteiger partial charge on any atom is 0.314 e. The van der Waals surface area contributed by atoms with Gasteiger partial charge in [0.05, 0.1) is 18.8 Å². The molecule has 0 bridgehead atoms. The summed E-state index contributed by atoms with van der Waals surface area (Å²) in [6.07, 6.45) is 5.77. The maximum atomic E-state index is 10.5. The minimum absolute atomic E-state index is 0.515. The molecule has 0 saturated carbocycles. The van der Waals surface area contributed by atoms with E-state index in [1.165, 1.54) is 0 Å². The van der Waals surface area contributed by atoms with Crippen LogP contribution in [0.5, 0.6) is 0 Å². The van der Waals surface area contributed by atoms with Gasteiger partial charge in [-0.15, -0.1) is 0 Å². The molecule has 0 aromatic heterocycles. The van der Waals surface area contributed by atoms with Crippen molar-refractivity contribution in [3.63, 3.8) is 0 Å². The average Bonchev–Trinajstić information content (AvgIpc) is 2.05. The number of methoxy groups -OCH3 is 1. The minimum atomic E-state index is -0.838. The van der Waals surface area contributed by atoms with Crippen LogP contribution in [0.25, 0.3) is 0 Å². The van der Waals surface area contributed by atoms with Gasteiger partial charge in [0.2, 0.25) is 0 Å². The molecule has 1 atom stereocenters. The SMILES string of the molecule is COC1=CC(C(=O)O)C=CC1. The van der Waals surface area contributed by atoms with Crippen LogP contribution in [0.15, 0.2) is 24.0 Å². The Hall–Kier alpha value is -1.25. The van der Waals surface area contributed by atoms with E-state index < -0.39 is 11.9 Å². The summed E-state index contributed by atoms with van der Waals surface area (Å²) in [5.41, 5.74) is 0. The predicted molar refractivity (Wildman–Crippen MR) is 40.0 cm³/mol. The second-order valence-electron chi connectivity index (χ2n) is 2.33. The first kappa shape index (κ1) is 7.85. The van der Waals surface area contributed by atoms with Gasteiger partial charge >= 0.3 is 5.97 Å². The van der Waals surface area contributed by atoms with Gasteiger partial charge in [0.25, 0.3) is 0 Å². The fourth-order valence-electron chi connectivity index (χ4n) is 0.960. The van der Waals surface area contributed by atoms with Crippen LogP contribution in [0.2, 0.25) is 0 Å². The van der Waals surface area contributed by atoms with Gasteiger partial charge < -0.3 is 9.84 Å². The molecule has 0 saturated heterocycles. The lowest BCUT2D eigenvalue weighted by Crippen LogP contribution is -2.11. The summed E-state index contributed by atoms with van der Waals surface area (Å²) in [7, 11) is 1.55. The van der Waals surface area contributed by atoms with Crippen molar-refractivity contribution >= 4 is 5.97 Å². The topological polar surface area (TPSA) is 46.5 Å². The Morgan fingerprint density at radius 1 is 1.82 bits per heavy atom. The highest BCUT2D eigenvalue weighted by molar-refractivity contribution is 5.74. The molecule has 0 aromatic carbocycles. The van der Waals surface area contributed by atoms with Gasteiger partial charge in [-0.3, -0.25) is 4.79 Å². The van der Waals surface area contributed by atoms with Crippen molar-refractivity contribution in [3.05, 3.63) is 24.0 Å². The molecule has 11 heavy (non-hydrogen) atoms. The summed E-state index contributed by atoms with van der Waals surface area (Å²) in [4.78, 5) is 10.5. The fourth-order valence-corrected chi connectivity index (χ4v) is 0.960. The van der Waals surface area contributed by atoms with Gasteiger partial charge in [-0.05, 0) is 6.08 Å². The molecule has 3 nitrogen and oxygen atoms in total. The predicted octanol–water partition coefficient (Wildman–Crippen LogP) is 1.18. The van der Waals surface area contributed by atoms with Crippen molar-refractivity contribution in [1.82, 2.24) is 0 Å². The van der Waals surface area contributed by atoms with Crippen molar-refractivity contribution in [1.29, 1.82) is 0 Å². The lowest BCUT2D eigenvalue weighted by Gasteiger charge is -2.10. The van der Waals surface area contributed by atoms with Crippen molar-refractivity contribution in [2.24, 2.45) is 5.92 Å². The number of carboxylic acid groups (broad SMARTS) is 1. The third kappa shape index (κ3) is 1.83. The van der Waals surface area contributed by atoms with Crippen molar-refractivity contribution in [2.45, 2.75) is 6.42 Å². The summed E-state index contributed by atoms with van der Waals surface area (Å²) in [6.45, 7) is 0. The van der Waals surface area contributed by atoms with Gasteiger partial charge in [0.1, 0.15) is 0 Å². The Balaban J connectivity index is 2.68. The molecule has 0 aliphatic heterocycles. The van der Waals surface area contributed by atoms with Gasteiger partial charge in [0.15, 0.2) is 0 Å². The minimum Gasteiger partial charge on any atom is -0.501 e. The average molecular weight is 154 g/mol. The third-order valence-electron chi connectivity index (χ3n) is 1.58. The standard InChI is InChI=1S/C8H10O3/c1-11-7-4-2-3-6(5-7)8(9)10/h2-3,5-6H,4H2,1H3,(H,9,10). The largest absolute Gasteiger partial charge is 0.501 e. The van der Waals surface area contributed by atoms with E-state index in [0.29, 0.717) is 6.42 Å². The maximum absolute atomic E-state index is 10.5. The Kier molecular flexibility index (Phi) is 2.31. The fraction of sp³-hybridized carbons (Fsp3) is 0.375. The number of hydrogen-bond acceptors (Lipinski definition) is 2. The Bertz CT molecular complexity index is 215. The lowest BCUT2D eigenvalue weighted by molar-refractivity contribution is -0.138. The highest BCUT2D eigenvalue weighted by Crippen LogP contribution is 2.16. The van der Waals surface area contributed by atoms with E-state index >= 15 is 0 Å². The number of carboxylic acids is 1. The normalized spacial score (nSPS) is 22.6. The van der Waals surface area contributed by atoms with Gasteiger partial charge in [0, 0.05) is 6.42 Å². The van der Waals surface area contributed by atoms with E-state index in [-0.39, 0.29) is 0 Å². The monoisotopic (exact) mass is 154 g/mol. The van der Waals surface area contributed by atoms with Crippen LogP contribution in [-0.2, 0) is 9.53 Å². The van der Waals surface area contributed by atoms with E-state index in [1.54, 1.807) is 25.3 Å². The van der Waals surface area contributed by atoms with Crippen LogP contribution < -0.4 is 0 Å². The molecule has 3 heteroatoms. The van der Waals surface area contributed by atoms with Crippen LogP contribution in [0, 0.1) is 5.92 Å². The zero-order chi connectivity index (χ0) is 8.27. The molecule has 0 aromatic rings. The summed E-state index contributed by atoms with van der Waals surface area (Å²) in [5, 5.41) is 8.60. The highest BCUT2D eigenvalue weighted by Gasteiger charge is 2.14. The molecule has 1 N–H and O–H groups in total. The molecular weight excluding hydrogens is 144 g/mol. The highest BCUT2D eigenvalue weighted by atomic mass is 16.5. The molecule has 0 fully saturated rings. The quantitative estimate of drug-likeness (QED) is 0.607. The Morgan fingerprint density at radius 2 is 2.55 bits per heavy atom. The zero-order valence-electron chi connectivity index (χ0n) is 6.28. The second-order valence-corrected chi connectivity index (χ2v) is 2.33. The number of hydrogen-bond donors (Lipinski definition) is 1. The lowest BCUT2D eigenvalue weighted by atomic mass is 10.0. The third-order valence-corrected chi connectivity index (χ3v) is 1.58. The number of rotatable bonds is 2. The summed E-state index contributed by atoms with van der Waals surface area (Å²) < 4.78 is 4.92. The molecule has 0 amide bonds. The van der Waals surface area contributed by atoms with Gasteiger partial charge in [-0.2, -0.15) is 0 Å². The molecule has 1 aliphatic carbocycles. The zero-order valence-corrected chi connectivity index (χ0v) is 6.28. The number of ether oxygens (including phenoxy) is 1. The Morgan fingerprint density at radius 3 is 3.09 bits per heavy atom. The number of aliphatic carboxylic acids is 1. The van der Waals surface area contributed by atoms with Crippen molar-refractivity contribution < 1.29 is 14.6 Å². The molecule has 60 valence electrons. The van der Waals surface area contributed by atoms with Crippen LogP contribution in [0.1, 0.15) is 6.42 Å². The van der Waals surface area contributed by atoms with Gasteiger partial charge in [-0.1, -0.05) is 12.2 Å². The number of allylic oxidation sites excluding steroid dienone is 1. The van der Waals surface area contributed by atoms with Crippen LogP contribution in [0.4, 0.5) is 0 Å². The van der Waals surface area contributed by atoms with E-state index in [2.05, 4.69) is 0 Å². The molecule has 1 rings (SSSR count). The summed E-state index contributed by atoms with van der Waals surface area (Å²) in [6, 6.07) is 0. The molecular formula is C8H10O3. The molecule has 1 aliphatic rings. The van der Waals surface area contributed by atoms with Crippen LogP contribution in [-0.4, -0.2) is 18.2 Å². The van der Waals surface area contributed by atoms with E-state index in [0.717, 1.165) is 5.76 Å². The first-order chi connectivity index (χ1) is 5.24. The molecule has 1 unspecified atom stereocenters. The molecule has 0 radical (unpaired) electrons. The smallest absolute Gasteiger partial charge is 0.314 e. The van der Waals surface area contributed by atoms with Crippen molar-refractivity contribution in [2.75, 3.05) is 7.11 Å². The first-order valence-electron chi connectivity index (χ1n) is 3.38. The van der Waals surface area contributed by atoms with E-state index in [1.807, 2.05) is 0 Å². The Labute approximate surface area is 65.0 Å². The molecule has 0 heterocycles. The van der Waals surface area contributed by atoms with Crippen molar-refractivity contribution in [3.8, 4) is 0 Å².